The molecule has 3 aromatic carbocycles. The van der Waals surface area contributed by atoms with E-state index >= 15 is 0 Å². The van der Waals surface area contributed by atoms with Crippen LogP contribution in [-0.2, 0) is 6.61 Å². The smallest absolute Gasteiger partial charge is 0.230 e. The van der Waals surface area contributed by atoms with Crippen LogP contribution in [0.4, 0.5) is 11.6 Å². The molecular weight excluding hydrogens is 428 g/mol. The van der Waals surface area contributed by atoms with Crippen LogP contribution >= 0.6 is 0 Å². The molecule has 0 aliphatic rings. The normalized spacial score (nSPS) is 10.3. The molecule has 170 valence electrons. The molecule has 1 aromatic heterocycles. The van der Waals surface area contributed by atoms with Crippen LogP contribution < -0.4 is 19.5 Å². The number of hydrogen-bond donors (Lipinski definition) is 1. The lowest BCUT2D eigenvalue weighted by Crippen LogP contribution is -2.01. The number of methoxy groups -OCH3 is 1. The minimum atomic E-state index is 0.404. The Morgan fingerprint density at radius 3 is 2.38 bits per heavy atom. The van der Waals surface area contributed by atoms with Gasteiger partial charge in [-0.05, 0) is 79.1 Å². The molecule has 0 spiro atoms. The highest BCUT2D eigenvalue weighted by Crippen LogP contribution is 2.30. The van der Waals surface area contributed by atoms with Crippen LogP contribution in [0.2, 0.25) is 0 Å². The molecule has 0 unspecified atom stereocenters. The Labute approximate surface area is 198 Å². The molecule has 34 heavy (non-hydrogen) atoms. The first kappa shape index (κ1) is 22.6. The molecule has 4 aromatic rings. The average molecular weight is 453 g/mol. The second-order valence-electron chi connectivity index (χ2n) is 7.66. The number of ether oxygens (including phenoxy) is 3. The number of nitrogens with one attached hydrogen (secondary N) is 1. The van der Waals surface area contributed by atoms with Gasteiger partial charge in [-0.3, -0.25) is 0 Å². The second-order valence-corrected chi connectivity index (χ2v) is 7.66. The molecule has 0 saturated heterocycles. The highest BCUT2D eigenvalue weighted by Gasteiger charge is 2.11. The van der Waals surface area contributed by atoms with Crippen LogP contribution in [0.5, 0.6) is 23.1 Å². The van der Waals surface area contributed by atoms with Crippen LogP contribution in [0.1, 0.15) is 22.3 Å². The van der Waals surface area contributed by atoms with Crippen molar-refractivity contribution in [3.05, 3.63) is 95.2 Å². The SMILES string of the molecule is COc1cccc(OCc2cc(C)c(Oc3ccnc(Nc4ccc(C#N)cc4)n3)c(C)c2)c1. The van der Waals surface area contributed by atoms with E-state index in [4.69, 9.17) is 19.5 Å². The zero-order valence-electron chi connectivity index (χ0n) is 19.2. The lowest BCUT2D eigenvalue weighted by atomic mass is 10.1. The number of hydrogen-bond acceptors (Lipinski definition) is 7. The van der Waals surface area contributed by atoms with E-state index in [2.05, 4.69) is 21.4 Å². The summed E-state index contributed by atoms with van der Waals surface area (Å²) in [6.45, 7) is 4.42. The monoisotopic (exact) mass is 452 g/mol. The Morgan fingerprint density at radius 2 is 1.68 bits per heavy atom. The Morgan fingerprint density at radius 1 is 0.941 bits per heavy atom. The van der Waals surface area contributed by atoms with Crippen molar-refractivity contribution in [1.29, 1.82) is 5.26 Å². The standard InChI is InChI=1S/C27H24N4O3/c1-18-13-21(17-33-24-6-4-5-23(15-24)32-3)14-19(2)26(18)34-25-11-12-29-27(31-25)30-22-9-7-20(16-28)8-10-22/h4-15H,17H2,1-3H3,(H,29,30,31). The summed E-state index contributed by atoms with van der Waals surface area (Å²) in [7, 11) is 1.63. The maximum atomic E-state index is 8.93. The van der Waals surface area contributed by atoms with Gasteiger partial charge in [0.15, 0.2) is 0 Å². The summed E-state index contributed by atoms with van der Waals surface area (Å²) in [6, 6.07) is 22.5. The van der Waals surface area contributed by atoms with E-state index in [1.54, 1.807) is 43.6 Å². The van der Waals surface area contributed by atoms with Gasteiger partial charge in [0, 0.05) is 24.0 Å². The summed E-state index contributed by atoms with van der Waals surface area (Å²) in [6.07, 6.45) is 1.63. The van der Waals surface area contributed by atoms with Gasteiger partial charge in [0.1, 0.15) is 23.9 Å². The van der Waals surface area contributed by atoms with Crippen molar-refractivity contribution in [2.75, 3.05) is 12.4 Å². The van der Waals surface area contributed by atoms with E-state index in [9.17, 15) is 0 Å². The van der Waals surface area contributed by atoms with E-state index in [0.717, 1.165) is 39.6 Å². The molecule has 0 saturated carbocycles. The quantitative estimate of drug-likeness (QED) is 0.346. The maximum Gasteiger partial charge on any atom is 0.230 e. The third kappa shape index (κ3) is 5.61. The summed E-state index contributed by atoms with van der Waals surface area (Å²) in [5.74, 6) is 3.08. The number of benzene rings is 3. The van der Waals surface area contributed by atoms with E-state index in [1.165, 1.54) is 0 Å². The first-order chi connectivity index (χ1) is 16.5. The molecule has 0 aliphatic carbocycles. The molecule has 7 nitrogen and oxygen atoms in total. The summed E-state index contributed by atoms with van der Waals surface area (Å²) in [5, 5.41) is 12.1. The Bertz CT molecular complexity index is 1310. The highest BCUT2D eigenvalue weighted by molar-refractivity contribution is 5.55. The van der Waals surface area contributed by atoms with Crippen molar-refractivity contribution in [2.24, 2.45) is 0 Å². The summed E-state index contributed by atoms with van der Waals surface area (Å²) in [5.41, 5.74) is 4.36. The van der Waals surface area contributed by atoms with Crippen LogP contribution in [0.3, 0.4) is 0 Å². The average Bonchev–Trinajstić information content (AvgIpc) is 2.86. The van der Waals surface area contributed by atoms with Crippen LogP contribution in [0.25, 0.3) is 0 Å². The fourth-order valence-electron chi connectivity index (χ4n) is 3.46. The summed E-state index contributed by atoms with van der Waals surface area (Å²) in [4.78, 5) is 8.71. The van der Waals surface area contributed by atoms with Crippen LogP contribution in [0, 0.1) is 25.2 Å². The van der Waals surface area contributed by atoms with Gasteiger partial charge in [-0.1, -0.05) is 6.07 Å². The largest absolute Gasteiger partial charge is 0.497 e. The zero-order chi connectivity index (χ0) is 23.9. The highest BCUT2D eigenvalue weighted by atomic mass is 16.5. The number of nitriles is 1. The molecule has 7 heteroatoms. The number of rotatable bonds is 8. The van der Waals surface area contributed by atoms with Gasteiger partial charge in [-0.25, -0.2) is 4.98 Å². The van der Waals surface area contributed by atoms with Gasteiger partial charge in [0.05, 0.1) is 18.7 Å². The number of nitrogens with zero attached hydrogens (tertiary/aromatic N) is 3. The van der Waals surface area contributed by atoms with E-state index in [-0.39, 0.29) is 0 Å². The molecule has 1 heterocycles. The molecule has 0 bridgehead atoms. The van der Waals surface area contributed by atoms with Gasteiger partial charge < -0.3 is 19.5 Å². The molecule has 4 rings (SSSR count). The first-order valence-electron chi connectivity index (χ1n) is 10.7. The number of aryl methyl sites for hydroxylation is 2. The number of anilines is 2. The molecule has 0 atom stereocenters. The van der Waals surface area contributed by atoms with Crippen LogP contribution in [0.15, 0.2) is 72.9 Å². The predicted octanol–water partition coefficient (Wildman–Crippen LogP) is 6.09. The third-order valence-electron chi connectivity index (χ3n) is 5.07. The fraction of sp³-hybridized carbons (Fsp3) is 0.148. The van der Waals surface area contributed by atoms with Crippen molar-refractivity contribution in [3.63, 3.8) is 0 Å². The van der Waals surface area contributed by atoms with Crippen molar-refractivity contribution in [3.8, 4) is 29.2 Å². The van der Waals surface area contributed by atoms with Crippen molar-refractivity contribution < 1.29 is 14.2 Å². The molecule has 0 fully saturated rings. The number of aromatic nitrogens is 2. The van der Waals surface area contributed by atoms with Crippen molar-refractivity contribution in [1.82, 2.24) is 9.97 Å². The van der Waals surface area contributed by atoms with E-state index in [0.29, 0.717) is 24.0 Å². The van der Waals surface area contributed by atoms with Gasteiger partial charge in [0.2, 0.25) is 11.8 Å². The maximum absolute atomic E-state index is 8.93. The third-order valence-corrected chi connectivity index (χ3v) is 5.07. The van der Waals surface area contributed by atoms with E-state index < -0.39 is 0 Å². The van der Waals surface area contributed by atoms with Gasteiger partial charge >= 0.3 is 0 Å². The van der Waals surface area contributed by atoms with Gasteiger partial charge in [0.25, 0.3) is 0 Å². The molecular formula is C27H24N4O3. The van der Waals surface area contributed by atoms with Gasteiger partial charge in [-0.2, -0.15) is 10.2 Å². The minimum Gasteiger partial charge on any atom is -0.497 e. The van der Waals surface area contributed by atoms with Crippen LogP contribution in [-0.4, -0.2) is 17.1 Å². The lowest BCUT2D eigenvalue weighted by Gasteiger charge is -2.14. The zero-order valence-corrected chi connectivity index (χ0v) is 19.2. The topological polar surface area (TPSA) is 89.3 Å². The molecule has 0 amide bonds. The Hall–Kier alpha value is -4.57. The minimum absolute atomic E-state index is 0.404. The molecule has 0 aliphatic heterocycles. The van der Waals surface area contributed by atoms with Crippen molar-refractivity contribution in [2.45, 2.75) is 20.5 Å². The fourth-order valence-corrected chi connectivity index (χ4v) is 3.46. The lowest BCUT2D eigenvalue weighted by molar-refractivity contribution is 0.303. The van der Waals surface area contributed by atoms with Crippen molar-refractivity contribution >= 4 is 11.6 Å². The van der Waals surface area contributed by atoms with Gasteiger partial charge in [-0.15, -0.1) is 0 Å². The van der Waals surface area contributed by atoms with E-state index in [1.807, 2.05) is 50.2 Å². The summed E-state index contributed by atoms with van der Waals surface area (Å²) >= 11 is 0. The Balaban J connectivity index is 1.45. The summed E-state index contributed by atoms with van der Waals surface area (Å²) < 4.78 is 17.3. The Kier molecular flexibility index (Phi) is 6.89. The first-order valence-corrected chi connectivity index (χ1v) is 10.7. The second kappa shape index (κ2) is 10.4. The molecule has 1 N–H and O–H groups in total. The predicted molar refractivity (Wildman–Crippen MR) is 130 cm³/mol. The molecule has 0 radical (unpaired) electrons.